The molecule has 2 aromatic rings. The Hall–Kier alpha value is -3.07. The van der Waals surface area contributed by atoms with Gasteiger partial charge >= 0.3 is 0 Å². The highest BCUT2D eigenvalue weighted by atomic mass is 16.7. The number of hydroxylamine groups is 2. The molecule has 5 rings (SSSR count). The Balaban J connectivity index is 1.22. The number of aromatic nitrogens is 3. The van der Waals surface area contributed by atoms with Crippen LogP contribution < -0.4 is 9.80 Å². The fourth-order valence-electron chi connectivity index (χ4n) is 4.70. The Kier molecular flexibility index (Phi) is 5.73. The second-order valence-electron chi connectivity index (χ2n) is 8.66. The Bertz CT molecular complexity index is 989. The lowest BCUT2D eigenvalue weighted by Gasteiger charge is -2.34. The van der Waals surface area contributed by atoms with Crippen LogP contribution in [0.5, 0.6) is 0 Å². The van der Waals surface area contributed by atoms with Crippen molar-refractivity contribution >= 4 is 23.6 Å². The monoisotopic (exact) mass is 436 g/mol. The highest BCUT2D eigenvalue weighted by Gasteiger charge is 2.37. The molecule has 3 aliphatic rings. The Labute approximate surface area is 187 Å². The van der Waals surface area contributed by atoms with Crippen LogP contribution in [0.4, 0.5) is 11.8 Å². The molecular formula is C23H28N6O3. The van der Waals surface area contributed by atoms with E-state index in [0.29, 0.717) is 57.3 Å². The van der Waals surface area contributed by atoms with Crippen molar-refractivity contribution in [2.24, 2.45) is 5.92 Å². The number of amides is 2. The molecule has 5 heterocycles. The number of anilines is 2. The van der Waals surface area contributed by atoms with Crippen LogP contribution in [-0.4, -0.2) is 58.1 Å². The summed E-state index contributed by atoms with van der Waals surface area (Å²) in [6, 6.07) is 5.71. The summed E-state index contributed by atoms with van der Waals surface area (Å²) in [6.45, 7) is 4.59. The first-order valence-electron chi connectivity index (χ1n) is 11.4. The second-order valence-corrected chi connectivity index (χ2v) is 8.66. The molecule has 2 aromatic heterocycles. The molecule has 3 fully saturated rings. The van der Waals surface area contributed by atoms with Crippen molar-refractivity contribution < 1.29 is 14.4 Å². The molecule has 0 aromatic carbocycles. The molecule has 1 atom stereocenters. The molecule has 0 N–H and O–H groups in total. The molecule has 2 amide bonds. The largest absolute Gasteiger partial charge is 0.341 e. The number of carbonyl (C=O) groups is 2. The van der Waals surface area contributed by atoms with Gasteiger partial charge in [0.25, 0.3) is 0 Å². The molecule has 0 spiro atoms. The molecule has 0 bridgehead atoms. The van der Waals surface area contributed by atoms with E-state index in [1.807, 2.05) is 25.3 Å². The number of hydrogen-bond donors (Lipinski definition) is 0. The first-order chi connectivity index (χ1) is 15.6. The minimum Gasteiger partial charge on any atom is -0.341 e. The second kappa shape index (κ2) is 8.82. The van der Waals surface area contributed by atoms with Crippen molar-refractivity contribution in [2.75, 3.05) is 36.0 Å². The zero-order valence-corrected chi connectivity index (χ0v) is 18.3. The van der Waals surface area contributed by atoms with Gasteiger partial charge in [0.05, 0.1) is 12.6 Å². The molecule has 3 saturated heterocycles. The quantitative estimate of drug-likeness (QED) is 0.727. The van der Waals surface area contributed by atoms with E-state index < -0.39 is 0 Å². The summed E-state index contributed by atoms with van der Waals surface area (Å²) in [6.07, 6.45) is 7.20. The fourth-order valence-corrected chi connectivity index (χ4v) is 4.70. The lowest BCUT2D eigenvalue weighted by Crippen LogP contribution is -2.42. The van der Waals surface area contributed by atoms with Crippen molar-refractivity contribution in [3.05, 3.63) is 41.9 Å². The van der Waals surface area contributed by atoms with E-state index in [0.717, 1.165) is 24.1 Å². The maximum Gasteiger partial charge on any atom is 0.249 e. The molecule has 9 heteroatoms. The minimum absolute atomic E-state index is 0.0463. The predicted molar refractivity (Wildman–Crippen MR) is 118 cm³/mol. The summed E-state index contributed by atoms with van der Waals surface area (Å²) in [7, 11) is 0. The first-order valence-corrected chi connectivity index (χ1v) is 11.4. The SMILES string of the molecule is Cc1ccc([C@@H]2CCON2C(=O)C2CCN(c3nccc(N4CCCC4=O)n3)CC2)cn1. The number of piperidine rings is 1. The van der Waals surface area contributed by atoms with Crippen LogP contribution in [0.1, 0.15) is 49.4 Å². The smallest absolute Gasteiger partial charge is 0.249 e. The number of nitrogens with zero attached hydrogens (tertiary/aromatic N) is 6. The third-order valence-corrected chi connectivity index (χ3v) is 6.55. The average molecular weight is 437 g/mol. The van der Waals surface area contributed by atoms with Crippen molar-refractivity contribution in [3.63, 3.8) is 0 Å². The third kappa shape index (κ3) is 4.04. The lowest BCUT2D eigenvalue weighted by molar-refractivity contribution is -0.182. The number of pyridine rings is 1. The molecule has 0 saturated carbocycles. The number of hydrogen-bond acceptors (Lipinski definition) is 7. The summed E-state index contributed by atoms with van der Waals surface area (Å²) >= 11 is 0. The predicted octanol–water partition coefficient (Wildman–Crippen LogP) is 2.43. The normalized spacial score (nSPS) is 22.1. The Morgan fingerprint density at radius 2 is 1.94 bits per heavy atom. The Morgan fingerprint density at radius 3 is 2.66 bits per heavy atom. The van der Waals surface area contributed by atoms with E-state index in [9.17, 15) is 9.59 Å². The third-order valence-electron chi connectivity index (χ3n) is 6.55. The maximum atomic E-state index is 13.2. The summed E-state index contributed by atoms with van der Waals surface area (Å²) in [5.41, 5.74) is 1.97. The molecule has 32 heavy (non-hydrogen) atoms. The van der Waals surface area contributed by atoms with E-state index in [2.05, 4.69) is 19.9 Å². The zero-order chi connectivity index (χ0) is 22.1. The highest BCUT2D eigenvalue weighted by molar-refractivity contribution is 5.94. The lowest BCUT2D eigenvalue weighted by atomic mass is 9.95. The first kappa shape index (κ1) is 20.8. The number of rotatable bonds is 4. The summed E-state index contributed by atoms with van der Waals surface area (Å²) < 4.78 is 0. The molecule has 168 valence electrons. The van der Waals surface area contributed by atoms with Gasteiger partial charge in [0.2, 0.25) is 17.8 Å². The minimum atomic E-state index is -0.0893. The van der Waals surface area contributed by atoms with Crippen molar-refractivity contribution in [2.45, 2.75) is 45.1 Å². The molecule has 0 aliphatic carbocycles. The highest BCUT2D eigenvalue weighted by Crippen LogP contribution is 2.33. The molecule has 3 aliphatic heterocycles. The van der Waals surface area contributed by atoms with Gasteiger partial charge in [-0.1, -0.05) is 6.07 Å². The van der Waals surface area contributed by atoms with Gasteiger partial charge in [-0.15, -0.1) is 0 Å². The van der Waals surface area contributed by atoms with Gasteiger partial charge in [0, 0.05) is 56.5 Å². The summed E-state index contributed by atoms with van der Waals surface area (Å²) in [4.78, 5) is 48.3. The topological polar surface area (TPSA) is 91.8 Å². The molecule has 0 unspecified atom stereocenters. The number of carbonyl (C=O) groups excluding carboxylic acids is 2. The van der Waals surface area contributed by atoms with E-state index in [1.54, 1.807) is 22.2 Å². The van der Waals surface area contributed by atoms with E-state index in [1.165, 1.54) is 0 Å². The molecule has 0 radical (unpaired) electrons. The van der Waals surface area contributed by atoms with Crippen molar-refractivity contribution in [1.82, 2.24) is 20.0 Å². The van der Waals surface area contributed by atoms with Crippen LogP contribution in [0.2, 0.25) is 0 Å². The molecular weight excluding hydrogens is 408 g/mol. The average Bonchev–Trinajstić information content (AvgIpc) is 3.49. The van der Waals surface area contributed by atoms with Crippen LogP contribution >= 0.6 is 0 Å². The van der Waals surface area contributed by atoms with Crippen LogP contribution in [-0.2, 0) is 14.4 Å². The van der Waals surface area contributed by atoms with Crippen molar-refractivity contribution in [1.29, 1.82) is 0 Å². The summed E-state index contributed by atoms with van der Waals surface area (Å²) in [5, 5.41) is 1.57. The van der Waals surface area contributed by atoms with Crippen molar-refractivity contribution in [3.8, 4) is 0 Å². The van der Waals surface area contributed by atoms with E-state index in [4.69, 9.17) is 4.84 Å². The van der Waals surface area contributed by atoms with Crippen LogP contribution in [0.25, 0.3) is 0 Å². The maximum absolute atomic E-state index is 13.2. The van der Waals surface area contributed by atoms with E-state index >= 15 is 0 Å². The van der Waals surface area contributed by atoms with Gasteiger partial charge < -0.3 is 4.90 Å². The Morgan fingerprint density at radius 1 is 1.09 bits per heavy atom. The standard InChI is InChI=1S/C23H28N6O3/c1-16-4-5-18(15-25-16)19-9-14-32-29(19)22(31)17-7-12-27(13-8-17)23-24-10-6-20(26-23)28-11-2-3-21(28)30/h4-6,10,15,17,19H,2-3,7-9,11-14H2,1H3/t19-/m0/s1. The molecule has 9 nitrogen and oxygen atoms in total. The summed E-state index contributed by atoms with van der Waals surface area (Å²) in [5.74, 6) is 1.35. The van der Waals surface area contributed by atoms with Crippen LogP contribution in [0, 0.1) is 12.8 Å². The fraction of sp³-hybridized carbons (Fsp3) is 0.522. The van der Waals surface area contributed by atoms with E-state index in [-0.39, 0.29) is 23.8 Å². The van der Waals surface area contributed by atoms with Gasteiger partial charge in [-0.2, -0.15) is 4.98 Å². The number of aryl methyl sites for hydroxylation is 1. The van der Waals surface area contributed by atoms with Crippen LogP contribution in [0.15, 0.2) is 30.6 Å². The van der Waals surface area contributed by atoms with Gasteiger partial charge in [0.1, 0.15) is 5.82 Å². The van der Waals surface area contributed by atoms with Crippen LogP contribution in [0.3, 0.4) is 0 Å². The zero-order valence-electron chi connectivity index (χ0n) is 18.3. The van der Waals surface area contributed by atoms with Gasteiger partial charge in [-0.25, -0.2) is 10.0 Å². The van der Waals surface area contributed by atoms with Gasteiger partial charge in [-0.05, 0) is 43.9 Å². The van der Waals surface area contributed by atoms with Gasteiger partial charge in [0.15, 0.2) is 0 Å². The van der Waals surface area contributed by atoms with Gasteiger partial charge in [-0.3, -0.25) is 24.3 Å².